The highest BCUT2D eigenvalue weighted by Gasteiger charge is 2.45. The van der Waals surface area contributed by atoms with Crippen molar-refractivity contribution in [2.75, 3.05) is 19.6 Å². The summed E-state index contributed by atoms with van der Waals surface area (Å²) in [5, 5.41) is 12.1. The van der Waals surface area contributed by atoms with Gasteiger partial charge in [-0.05, 0) is 63.7 Å². The van der Waals surface area contributed by atoms with Crippen molar-refractivity contribution in [2.24, 2.45) is 11.3 Å². The third kappa shape index (κ3) is 4.35. The number of rotatable bonds is 6. The maximum Gasteiger partial charge on any atom is 0.148 e. The van der Waals surface area contributed by atoms with Gasteiger partial charge in [-0.25, -0.2) is 0 Å². The van der Waals surface area contributed by atoms with Crippen LogP contribution in [0.3, 0.4) is 0 Å². The van der Waals surface area contributed by atoms with Crippen molar-refractivity contribution in [3.63, 3.8) is 0 Å². The predicted molar refractivity (Wildman–Crippen MR) is 99.5 cm³/mol. The van der Waals surface area contributed by atoms with Crippen LogP contribution in [-0.4, -0.2) is 36.3 Å². The van der Waals surface area contributed by atoms with E-state index in [9.17, 15) is 14.7 Å². The van der Waals surface area contributed by atoms with E-state index in [-0.39, 0.29) is 11.7 Å². The Morgan fingerprint density at radius 1 is 1.08 bits per heavy atom. The Morgan fingerprint density at radius 3 is 2.42 bits per heavy atom. The third-order valence-electron chi connectivity index (χ3n) is 6.27. The van der Waals surface area contributed by atoms with Gasteiger partial charge in [-0.3, -0.25) is 4.79 Å². The average molecular weight is 356 g/mol. The first kappa shape index (κ1) is 19.1. The lowest BCUT2D eigenvalue weighted by molar-refractivity contribution is -0.318. The second-order valence-corrected chi connectivity index (χ2v) is 8.02. The monoisotopic (exact) mass is 356 g/mol. The van der Waals surface area contributed by atoms with E-state index in [1.807, 2.05) is 30.3 Å². The molecule has 1 saturated heterocycles. The van der Waals surface area contributed by atoms with Gasteiger partial charge in [0.05, 0.1) is 11.4 Å². The van der Waals surface area contributed by atoms with Crippen molar-refractivity contribution in [1.82, 2.24) is 4.90 Å². The molecule has 0 N–H and O–H groups in total. The zero-order valence-corrected chi connectivity index (χ0v) is 15.6. The smallest absolute Gasteiger partial charge is 0.148 e. The van der Waals surface area contributed by atoms with Gasteiger partial charge < -0.3 is 14.8 Å². The minimum Gasteiger partial charge on any atom is -0.549 e. The molecule has 142 valence electrons. The highest BCUT2D eigenvalue weighted by atomic mass is 16.4. The molecule has 0 radical (unpaired) electrons. The summed E-state index contributed by atoms with van der Waals surface area (Å²) in [5.41, 5.74) is -0.184. The van der Waals surface area contributed by atoms with E-state index in [0.29, 0.717) is 25.8 Å². The van der Waals surface area contributed by atoms with Crippen LogP contribution < -0.4 is 5.11 Å². The van der Waals surface area contributed by atoms with Crippen LogP contribution in [-0.2, 0) is 16.0 Å². The summed E-state index contributed by atoms with van der Waals surface area (Å²) < 4.78 is 0. The fourth-order valence-corrected chi connectivity index (χ4v) is 4.65. The molecule has 1 aliphatic heterocycles. The van der Waals surface area contributed by atoms with Crippen molar-refractivity contribution >= 4 is 11.8 Å². The number of aliphatic carboxylic acids is 1. The lowest BCUT2D eigenvalue weighted by Gasteiger charge is -2.41. The number of hydrogen-bond donors (Lipinski definition) is 0. The van der Waals surface area contributed by atoms with Crippen LogP contribution in [0.4, 0.5) is 0 Å². The second-order valence-electron chi connectivity index (χ2n) is 8.02. The minimum absolute atomic E-state index is 0.0950. The molecule has 0 bridgehead atoms. The topological polar surface area (TPSA) is 60.4 Å². The summed E-state index contributed by atoms with van der Waals surface area (Å²) in [6, 6.07) is 9.92. The number of carboxylic acid groups (broad SMARTS) is 1. The van der Waals surface area contributed by atoms with Crippen LogP contribution in [0.5, 0.6) is 0 Å². The molecule has 1 saturated carbocycles. The van der Waals surface area contributed by atoms with E-state index in [1.165, 1.54) is 25.7 Å². The molecular weight excluding hydrogens is 326 g/mol. The van der Waals surface area contributed by atoms with Gasteiger partial charge in [0.1, 0.15) is 5.78 Å². The van der Waals surface area contributed by atoms with Crippen LogP contribution >= 0.6 is 0 Å². The zero-order chi connectivity index (χ0) is 18.4. The Labute approximate surface area is 156 Å². The van der Waals surface area contributed by atoms with Crippen molar-refractivity contribution in [3.05, 3.63) is 35.9 Å². The van der Waals surface area contributed by atoms with Gasteiger partial charge in [-0.2, -0.15) is 0 Å². The number of benzene rings is 1. The predicted octanol–water partition coefficient (Wildman–Crippen LogP) is 2.60. The van der Waals surface area contributed by atoms with Gasteiger partial charge in [0.15, 0.2) is 0 Å². The maximum absolute atomic E-state index is 13.2. The Kier molecular flexibility index (Phi) is 6.47. The fourth-order valence-electron chi connectivity index (χ4n) is 4.65. The summed E-state index contributed by atoms with van der Waals surface area (Å²) >= 11 is 0. The van der Waals surface area contributed by atoms with Crippen LogP contribution in [0, 0.1) is 11.3 Å². The van der Waals surface area contributed by atoms with E-state index in [2.05, 4.69) is 4.90 Å². The van der Waals surface area contributed by atoms with Gasteiger partial charge in [0.25, 0.3) is 0 Å². The highest BCUT2D eigenvalue weighted by molar-refractivity contribution is 6.04. The minimum atomic E-state index is -1.29. The maximum atomic E-state index is 13.2. The Bertz CT molecular complexity index is 607. The Hall–Kier alpha value is -1.68. The summed E-state index contributed by atoms with van der Waals surface area (Å²) in [7, 11) is 0. The van der Waals surface area contributed by atoms with Crippen molar-refractivity contribution in [1.29, 1.82) is 0 Å². The number of hydrogen-bond acceptors (Lipinski definition) is 4. The fraction of sp³-hybridized carbons (Fsp3) is 0.636. The van der Waals surface area contributed by atoms with Gasteiger partial charge >= 0.3 is 0 Å². The van der Waals surface area contributed by atoms with Crippen molar-refractivity contribution in [2.45, 2.75) is 57.8 Å². The van der Waals surface area contributed by atoms with E-state index >= 15 is 0 Å². The van der Waals surface area contributed by atoms with Gasteiger partial charge in [-0.1, -0.05) is 49.6 Å². The molecule has 2 unspecified atom stereocenters. The number of nitrogens with zero attached hydrogens (tertiary/aromatic N) is 1. The van der Waals surface area contributed by atoms with Crippen LogP contribution in [0.1, 0.15) is 56.9 Å². The summed E-state index contributed by atoms with van der Waals surface area (Å²) in [4.78, 5) is 27.6. The SMILES string of the molecule is O=C([O-])C1(CCN2CCCCCC2)CCCC(Cc2ccccc2)C1=O. The van der Waals surface area contributed by atoms with Gasteiger partial charge in [-0.15, -0.1) is 0 Å². The summed E-state index contributed by atoms with van der Waals surface area (Å²) in [5.74, 6) is -1.45. The molecule has 2 aliphatic rings. The number of carbonyl (C=O) groups is 2. The van der Waals surface area contributed by atoms with Crippen molar-refractivity contribution < 1.29 is 14.7 Å². The van der Waals surface area contributed by atoms with Crippen LogP contribution in [0.15, 0.2) is 30.3 Å². The molecule has 1 aromatic rings. The molecule has 1 aromatic carbocycles. The first-order valence-corrected chi connectivity index (χ1v) is 10.1. The van der Waals surface area contributed by atoms with Gasteiger partial charge in [0, 0.05) is 5.92 Å². The van der Waals surface area contributed by atoms with Crippen LogP contribution in [0.25, 0.3) is 0 Å². The molecule has 0 aromatic heterocycles. The normalized spacial score (nSPS) is 27.8. The molecule has 1 aliphatic carbocycles. The van der Waals surface area contributed by atoms with E-state index in [1.54, 1.807) is 0 Å². The van der Waals surface area contributed by atoms with E-state index < -0.39 is 11.4 Å². The highest BCUT2D eigenvalue weighted by Crippen LogP contribution is 2.40. The molecule has 1 heterocycles. The summed E-state index contributed by atoms with van der Waals surface area (Å²) in [6.45, 7) is 2.73. The molecular formula is C22H30NO3-. The molecule has 0 amide bonds. The van der Waals surface area contributed by atoms with E-state index in [4.69, 9.17) is 0 Å². The summed E-state index contributed by atoms with van der Waals surface area (Å²) in [6.07, 6.45) is 7.89. The molecule has 2 fully saturated rings. The number of carboxylic acids is 1. The van der Waals surface area contributed by atoms with Crippen molar-refractivity contribution in [3.8, 4) is 0 Å². The van der Waals surface area contributed by atoms with Crippen LogP contribution in [0.2, 0.25) is 0 Å². The molecule has 4 heteroatoms. The largest absolute Gasteiger partial charge is 0.549 e. The Morgan fingerprint density at radius 2 is 1.77 bits per heavy atom. The zero-order valence-electron chi connectivity index (χ0n) is 15.6. The average Bonchev–Trinajstić information content (AvgIpc) is 2.92. The second kappa shape index (κ2) is 8.81. The molecule has 2 atom stereocenters. The molecule has 3 rings (SSSR count). The van der Waals surface area contributed by atoms with Gasteiger partial charge in [0.2, 0.25) is 0 Å². The van der Waals surface area contributed by atoms with E-state index in [0.717, 1.165) is 31.5 Å². The number of Topliss-reactive ketones (excluding diaryl/α,β-unsaturated/α-hetero) is 1. The first-order chi connectivity index (χ1) is 12.6. The quantitative estimate of drug-likeness (QED) is 0.735. The number of carbonyl (C=O) groups excluding carboxylic acids is 2. The lowest BCUT2D eigenvalue weighted by Crippen LogP contribution is -2.53. The molecule has 26 heavy (non-hydrogen) atoms. The molecule has 0 spiro atoms. The number of ketones is 1. The molecule has 4 nitrogen and oxygen atoms in total. The number of likely N-dealkylation sites (tertiary alicyclic amines) is 1. The first-order valence-electron chi connectivity index (χ1n) is 10.1. The lowest BCUT2D eigenvalue weighted by atomic mass is 9.65. The Balaban J connectivity index is 1.69. The third-order valence-corrected chi connectivity index (χ3v) is 6.27. The standard InChI is InChI=1S/C22H31NO3/c24-20-19(17-18-9-4-3-5-10-18)11-8-12-22(20,21(25)26)13-16-23-14-6-1-2-7-15-23/h3-5,9-10,19H,1-2,6-8,11-17H2,(H,25,26)/p-1.